The molecule has 388 valence electrons. The van der Waals surface area contributed by atoms with Gasteiger partial charge in [0.1, 0.15) is 23.0 Å². The van der Waals surface area contributed by atoms with E-state index < -0.39 is 10.8 Å². The van der Waals surface area contributed by atoms with E-state index in [0.29, 0.717) is 0 Å². The van der Waals surface area contributed by atoms with Gasteiger partial charge >= 0.3 is 0 Å². The molecule has 3 heteroatoms. The maximum atomic E-state index is 6.67. The molecule has 3 nitrogen and oxygen atoms in total. The standard InChI is InChI=1S/C80H51NO2/c1-2-19-52(20-3-1)53-37-39-54(40-38-53)55-41-45-59(46-42-55)81(60-22-18-21-56(49-60)57-43-47-68-64(50-57)62-24-4-7-26-66(62)79(68)70-28-9-14-33-75(70)82-76-34-15-10-29-71(76)79)74-32-13-6-23-61(74)58-44-48-69-65(51-58)63-25-5-8-27-67(63)80(69)72-30-11-16-35-77(72)83-78-36-17-12-31-73(78)80/h1-51H. The zero-order valence-electron chi connectivity index (χ0n) is 45.2. The van der Waals surface area contributed by atoms with E-state index in [9.17, 15) is 0 Å². The average molecular weight is 1060 g/mol. The van der Waals surface area contributed by atoms with Crippen LogP contribution in [0.1, 0.15) is 44.5 Å². The second-order valence-electron chi connectivity index (χ2n) is 22.2. The smallest absolute Gasteiger partial charge is 0.132 e. The summed E-state index contributed by atoms with van der Waals surface area (Å²) in [5, 5.41) is 0. The molecule has 0 N–H and O–H groups in total. The van der Waals surface area contributed by atoms with E-state index in [4.69, 9.17) is 9.47 Å². The van der Waals surface area contributed by atoms with E-state index in [0.717, 1.165) is 90.1 Å². The van der Waals surface area contributed by atoms with Gasteiger partial charge in [0.15, 0.2) is 0 Å². The highest BCUT2D eigenvalue weighted by molar-refractivity contribution is 5.96. The van der Waals surface area contributed by atoms with Crippen LogP contribution in [-0.4, -0.2) is 0 Å². The molecule has 0 bridgehead atoms. The van der Waals surface area contributed by atoms with Gasteiger partial charge in [-0.2, -0.15) is 0 Å². The summed E-state index contributed by atoms with van der Waals surface area (Å²) in [4.78, 5) is 2.45. The predicted molar refractivity (Wildman–Crippen MR) is 338 cm³/mol. The highest BCUT2D eigenvalue weighted by Gasteiger charge is 2.52. The summed E-state index contributed by atoms with van der Waals surface area (Å²) in [6, 6.07) is 113. The van der Waals surface area contributed by atoms with E-state index in [1.165, 1.54) is 61.2 Å². The summed E-state index contributed by atoms with van der Waals surface area (Å²) in [6.07, 6.45) is 0. The largest absolute Gasteiger partial charge is 0.457 e. The molecule has 0 saturated heterocycles. The van der Waals surface area contributed by atoms with Gasteiger partial charge in [0, 0.05) is 39.2 Å². The number of hydrogen-bond acceptors (Lipinski definition) is 3. The van der Waals surface area contributed by atoms with Crippen LogP contribution < -0.4 is 14.4 Å². The Bertz CT molecular complexity index is 4660. The van der Waals surface area contributed by atoms with E-state index >= 15 is 0 Å². The fraction of sp³-hybridized carbons (Fsp3) is 0.0250. The second kappa shape index (κ2) is 18.4. The Kier molecular flexibility index (Phi) is 10.4. The molecule has 13 aromatic carbocycles. The predicted octanol–water partition coefficient (Wildman–Crippen LogP) is 20.8. The van der Waals surface area contributed by atoms with Crippen molar-refractivity contribution in [2.45, 2.75) is 10.8 Å². The summed E-state index contributed by atoms with van der Waals surface area (Å²) in [5.41, 5.74) is 26.0. The van der Waals surface area contributed by atoms with Crippen molar-refractivity contribution in [1.82, 2.24) is 0 Å². The average Bonchev–Trinajstić information content (AvgIpc) is 2.12. The van der Waals surface area contributed by atoms with Gasteiger partial charge in [0.05, 0.1) is 16.5 Å². The quantitative estimate of drug-likeness (QED) is 0.159. The number of hydrogen-bond donors (Lipinski definition) is 0. The molecular weight excluding hydrogens is 1010 g/mol. The first kappa shape index (κ1) is 47.1. The van der Waals surface area contributed by atoms with Crippen molar-refractivity contribution in [3.05, 3.63) is 354 Å². The zero-order valence-corrected chi connectivity index (χ0v) is 45.2. The minimum absolute atomic E-state index is 0.533. The van der Waals surface area contributed by atoms with E-state index in [1.54, 1.807) is 0 Å². The van der Waals surface area contributed by atoms with Crippen molar-refractivity contribution >= 4 is 17.1 Å². The van der Waals surface area contributed by atoms with Crippen molar-refractivity contribution in [2.24, 2.45) is 0 Å². The Morgan fingerprint density at radius 2 is 0.554 bits per heavy atom. The molecule has 0 aromatic heterocycles. The third-order valence-corrected chi connectivity index (χ3v) is 18.0. The summed E-state index contributed by atoms with van der Waals surface area (Å²) in [7, 11) is 0. The maximum Gasteiger partial charge on any atom is 0.132 e. The van der Waals surface area contributed by atoms with Crippen LogP contribution in [-0.2, 0) is 10.8 Å². The number of fused-ring (bicyclic) bond motifs is 18. The van der Waals surface area contributed by atoms with Crippen LogP contribution in [0.25, 0.3) is 66.8 Å². The minimum atomic E-state index is -0.550. The van der Waals surface area contributed by atoms with Gasteiger partial charge in [-0.3, -0.25) is 0 Å². The lowest BCUT2D eigenvalue weighted by molar-refractivity contribution is 0.436. The molecule has 0 unspecified atom stereocenters. The van der Waals surface area contributed by atoms with Gasteiger partial charge in [-0.25, -0.2) is 0 Å². The van der Waals surface area contributed by atoms with Crippen molar-refractivity contribution in [1.29, 1.82) is 0 Å². The Balaban J connectivity index is 0.819. The molecule has 2 aliphatic carbocycles. The van der Waals surface area contributed by atoms with Crippen LogP contribution in [0.2, 0.25) is 0 Å². The van der Waals surface area contributed by atoms with Crippen LogP contribution in [0.4, 0.5) is 17.1 Å². The number of benzene rings is 13. The Labute approximate surface area is 483 Å². The molecule has 2 heterocycles. The summed E-state index contributed by atoms with van der Waals surface area (Å²) >= 11 is 0. The highest BCUT2D eigenvalue weighted by atomic mass is 16.5. The summed E-state index contributed by atoms with van der Waals surface area (Å²) in [6.45, 7) is 0. The number of para-hydroxylation sites is 5. The second-order valence-corrected chi connectivity index (χ2v) is 22.2. The number of anilines is 3. The van der Waals surface area contributed by atoms with Crippen molar-refractivity contribution in [3.63, 3.8) is 0 Å². The minimum Gasteiger partial charge on any atom is -0.457 e. The van der Waals surface area contributed by atoms with Gasteiger partial charge in [-0.1, -0.05) is 243 Å². The first-order valence-electron chi connectivity index (χ1n) is 28.6. The molecule has 83 heavy (non-hydrogen) atoms. The molecule has 2 aliphatic heterocycles. The van der Waals surface area contributed by atoms with Crippen LogP contribution in [0.5, 0.6) is 23.0 Å². The fourth-order valence-electron chi connectivity index (χ4n) is 14.5. The Hall–Kier alpha value is -10.7. The zero-order chi connectivity index (χ0) is 54.6. The first-order chi connectivity index (χ1) is 41.1. The molecule has 0 radical (unpaired) electrons. The van der Waals surface area contributed by atoms with Crippen LogP contribution >= 0.6 is 0 Å². The molecular formula is C80H51NO2. The normalized spacial score (nSPS) is 13.7. The lowest BCUT2D eigenvalue weighted by Crippen LogP contribution is -2.32. The third-order valence-electron chi connectivity index (χ3n) is 18.0. The summed E-state index contributed by atoms with van der Waals surface area (Å²) in [5.74, 6) is 3.57. The Morgan fingerprint density at radius 3 is 1.07 bits per heavy atom. The molecule has 17 rings (SSSR count). The SMILES string of the molecule is c1ccc(-c2ccc(-c3ccc(N(c4cccc(-c5ccc6c(c5)-c5ccccc5C65c6ccccc6Oc6ccccc65)c4)c4ccccc4-c4ccc5c(c4)-c4ccccc4C54c5ccccc5Oc5ccccc54)cc3)cc2)cc1. The van der Waals surface area contributed by atoms with E-state index in [-0.39, 0.29) is 0 Å². The monoisotopic (exact) mass is 1060 g/mol. The third kappa shape index (κ3) is 6.92. The highest BCUT2D eigenvalue weighted by Crippen LogP contribution is 2.64. The molecule has 13 aromatic rings. The number of ether oxygens (including phenoxy) is 2. The van der Waals surface area contributed by atoms with Gasteiger partial charge in [0.25, 0.3) is 0 Å². The van der Waals surface area contributed by atoms with Crippen LogP contribution in [0.15, 0.2) is 309 Å². The molecule has 2 spiro atoms. The molecule has 0 amide bonds. The summed E-state index contributed by atoms with van der Waals surface area (Å²) < 4.78 is 13.3. The lowest BCUT2D eigenvalue weighted by atomic mass is 9.66. The maximum absolute atomic E-state index is 6.67. The van der Waals surface area contributed by atoms with Gasteiger partial charge in [-0.15, -0.1) is 0 Å². The van der Waals surface area contributed by atoms with E-state index in [2.05, 4.69) is 314 Å². The van der Waals surface area contributed by atoms with Gasteiger partial charge in [0.2, 0.25) is 0 Å². The topological polar surface area (TPSA) is 21.7 Å². The first-order valence-corrected chi connectivity index (χ1v) is 28.6. The van der Waals surface area contributed by atoms with Crippen LogP contribution in [0.3, 0.4) is 0 Å². The number of rotatable bonds is 7. The van der Waals surface area contributed by atoms with Gasteiger partial charge < -0.3 is 14.4 Å². The molecule has 0 saturated carbocycles. The van der Waals surface area contributed by atoms with Crippen molar-refractivity contribution in [3.8, 4) is 89.8 Å². The van der Waals surface area contributed by atoms with Gasteiger partial charge in [-0.05, 0) is 150 Å². The molecule has 0 atom stereocenters. The van der Waals surface area contributed by atoms with Crippen LogP contribution in [0, 0.1) is 0 Å². The van der Waals surface area contributed by atoms with E-state index in [1.807, 2.05) is 0 Å². The fourth-order valence-corrected chi connectivity index (χ4v) is 14.5. The molecule has 4 aliphatic rings. The Morgan fingerprint density at radius 1 is 0.205 bits per heavy atom. The van der Waals surface area contributed by atoms with Crippen molar-refractivity contribution < 1.29 is 9.47 Å². The lowest BCUT2D eigenvalue weighted by Gasteiger charge is -2.39. The van der Waals surface area contributed by atoms with Crippen molar-refractivity contribution in [2.75, 3.05) is 4.90 Å². The number of nitrogens with zero attached hydrogens (tertiary/aromatic N) is 1. The molecule has 0 fully saturated rings.